The minimum absolute atomic E-state index is 0.174. The summed E-state index contributed by atoms with van der Waals surface area (Å²) in [5, 5.41) is 18.2. The molecule has 2 aromatic rings. The van der Waals surface area contributed by atoms with Crippen LogP contribution in [0.4, 0.5) is 0 Å². The van der Waals surface area contributed by atoms with Crippen molar-refractivity contribution >= 4 is 23.2 Å². The summed E-state index contributed by atoms with van der Waals surface area (Å²) in [6, 6.07) is 1.55. The summed E-state index contributed by atoms with van der Waals surface area (Å²) in [4.78, 5) is 8.29. The zero-order valence-corrected chi connectivity index (χ0v) is 11.9. The number of pyridine rings is 1. The van der Waals surface area contributed by atoms with Crippen LogP contribution in [-0.2, 0) is 5.60 Å². The summed E-state index contributed by atoms with van der Waals surface area (Å²) in [7, 11) is 0. The first-order chi connectivity index (χ1) is 9.58. The number of aliphatic hydroxyl groups is 1. The van der Waals surface area contributed by atoms with Crippen LogP contribution in [0.25, 0.3) is 11.5 Å². The average Bonchev–Trinajstić information content (AvgIpc) is 2.90. The van der Waals surface area contributed by atoms with Gasteiger partial charge in [-0.15, -0.1) is 0 Å². The van der Waals surface area contributed by atoms with Crippen molar-refractivity contribution in [2.45, 2.75) is 18.4 Å². The molecular formula is C12H12Cl2N4O2. The molecule has 0 saturated carbocycles. The van der Waals surface area contributed by atoms with Crippen LogP contribution >= 0.6 is 23.2 Å². The van der Waals surface area contributed by atoms with Crippen LogP contribution in [0.1, 0.15) is 18.7 Å². The first-order valence-corrected chi connectivity index (χ1v) is 6.93. The van der Waals surface area contributed by atoms with Gasteiger partial charge in [0.05, 0.1) is 10.0 Å². The third-order valence-corrected chi connectivity index (χ3v) is 3.70. The van der Waals surface area contributed by atoms with E-state index in [1.54, 1.807) is 6.07 Å². The maximum absolute atomic E-state index is 10.5. The number of nitrogens with zero attached hydrogens (tertiary/aromatic N) is 3. The Morgan fingerprint density at radius 1 is 1.40 bits per heavy atom. The van der Waals surface area contributed by atoms with Crippen LogP contribution in [0, 0.1) is 0 Å². The van der Waals surface area contributed by atoms with Crippen molar-refractivity contribution in [1.82, 2.24) is 20.4 Å². The molecule has 0 amide bonds. The Labute approximate surface area is 125 Å². The summed E-state index contributed by atoms with van der Waals surface area (Å²) in [5.74, 6) is 0.410. The fourth-order valence-electron chi connectivity index (χ4n) is 2.16. The molecule has 2 aromatic heterocycles. The van der Waals surface area contributed by atoms with E-state index in [0.29, 0.717) is 28.7 Å². The van der Waals surface area contributed by atoms with Gasteiger partial charge >= 0.3 is 0 Å². The van der Waals surface area contributed by atoms with Gasteiger partial charge in [-0.3, -0.25) is 0 Å². The molecule has 3 heterocycles. The number of hydrogen-bond acceptors (Lipinski definition) is 6. The second-order valence-electron chi connectivity index (χ2n) is 4.72. The van der Waals surface area contributed by atoms with Gasteiger partial charge in [0.15, 0.2) is 5.60 Å². The monoisotopic (exact) mass is 314 g/mol. The SMILES string of the molecule is OC1(c2nc(-c3ncc(Cl)cc3Cl)no2)CCCNC1. The number of β-amino-alcohol motifs (C(OH)–C–C–N with tert-alkyl or cyclic N) is 1. The van der Waals surface area contributed by atoms with Crippen molar-refractivity contribution in [2.24, 2.45) is 0 Å². The molecule has 106 valence electrons. The van der Waals surface area contributed by atoms with E-state index in [2.05, 4.69) is 20.4 Å². The van der Waals surface area contributed by atoms with Crippen LogP contribution in [0.2, 0.25) is 10.0 Å². The van der Waals surface area contributed by atoms with Gasteiger partial charge in [-0.2, -0.15) is 4.98 Å². The summed E-state index contributed by atoms with van der Waals surface area (Å²) >= 11 is 11.8. The van der Waals surface area contributed by atoms with Gasteiger partial charge in [0.25, 0.3) is 5.89 Å². The Morgan fingerprint density at radius 2 is 2.25 bits per heavy atom. The highest BCUT2D eigenvalue weighted by molar-refractivity contribution is 6.35. The van der Waals surface area contributed by atoms with E-state index < -0.39 is 5.60 Å². The first kappa shape index (κ1) is 13.8. The zero-order chi connectivity index (χ0) is 14.2. The molecular weight excluding hydrogens is 303 g/mol. The molecule has 6 nitrogen and oxygen atoms in total. The van der Waals surface area contributed by atoms with E-state index in [0.717, 1.165) is 13.0 Å². The molecule has 2 N–H and O–H groups in total. The highest BCUT2D eigenvalue weighted by Crippen LogP contribution is 2.30. The maximum Gasteiger partial charge on any atom is 0.260 e. The Hall–Kier alpha value is -1.21. The molecule has 0 spiro atoms. The quantitative estimate of drug-likeness (QED) is 0.882. The normalized spacial score (nSPS) is 22.9. The molecule has 0 bridgehead atoms. The summed E-state index contributed by atoms with van der Waals surface area (Å²) < 4.78 is 5.16. The predicted molar refractivity (Wildman–Crippen MR) is 73.5 cm³/mol. The third-order valence-electron chi connectivity index (χ3n) is 3.21. The minimum Gasteiger partial charge on any atom is -0.379 e. The molecule has 0 aromatic carbocycles. The molecule has 3 rings (SSSR count). The lowest BCUT2D eigenvalue weighted by Crippen LogP contribution is -2.43. The number of nitrogens with one attached hydrogen (secondary N) is 1. The van der Waals surface area contributed by atoms with Crippen LogP contribution in [0.3, 0.4) is 0 Å². The molecule has 1 unspecified atom stereocenters. The van der Waals surface area contributed by atoms with Crippen LogP contribution < -0.4 is 5.32 Å². The zero-order valence-electron chi connectivity index (χ0n) is 10.4. The number of piperidine rings is 1. The fraction of sp³-hybridized carbons (Fsp3) is 0.417. The van der Waals surface area contributed by atoms with Gasteiger partial charge in [0.1, 0.15) is 5.69 Å². The van der Waals surface area contributed by atoms with Crippen molar-refractivity contribution in [3.8, 4) is 11.5 Å². The van der Waals surface area contributed by atoms with Crippen LogP contribution in [0.15, 0.2) is 16.8 Å². The standard InChI is InChI=1S/C12H12Cl2N4O2/c13-7-4-8(14)9(16-5-7)10-17-11(20-18-10)12(19)2-1-3-15-6-12/h4-5,15,19H,1-3,6H2. The smallest absolute Gasteiger partial charge is 0.260 e. The van der Waals surface area contributed by atoms with Crippen molar-refractivity contribution in [3.05, 3.63) is 28.2 Å². The van der Waals surface area contributed by atoms with Crippen molar-refractivity contribution in [3.63, 3.8) is 0 Å². The first-order valence-electron chi connectivity index (χ1n) is 6.17. The van der Waals surface area contributed by atoms with Crippen molar-refractivity contribution < 1.29 is 9.63 Å². The lowest BCUT2D eigenvalue weighted by molar-refractivity contribution is -0.0167. The van der Waals surface area contributed by atoms with E-state index >= 15 is 0 Å². The topological polar surface area (TPSA) is 84.1 Å². The lowest BCUT2D eigenvalue weighted by Gasteiger charge is -2.28. The van der Waals surface area contributed by atoms with Gasteiger partial charge < -0.3 is 14.9 Å². The molecule has 0 aliphatic carbocycles. The van der Waals surface area contributed by atoms with E-state index in [1.165, 1.54) is 6.20 Å². The Morgan fingerprint density at radius 3 is 2.95 bits per heavy atom. The van der Waals surface area contributed by atoms with E-state index in [-0.39, 0.29) is 11.7 Å². The van der Waals surface area contributed by atoms with Gasteiger partial charge in [0, 0.05) is 12.7 Å². The summed E-state index contributed by atoms with van der Waals surface area (Å²) in [6.45, 7) is 1.25. The van der Waals surface area contributed by atoms with Gasteiger partial charge in [-0.1, -0.05) is 28.4 Å². The Kier molecular flexibility index (Phi) is 3.64. The molecule has 1 aliphatic rings. The average molecular weight is 315 g/mol. The molecule has 0 radical (unpaired) electrons. The molecule has 1 fully saturated rings. The largest absolute Gasteiger partial charge is 0.379 e. The Balaban J connectivity index is 1.93. The second-order valence-corrected chi connectivity index (χ2v) is 5.56. The van der Waals surface area contributed by atoms with E-state index in [9.17, 15) is 5.11 Å². The lowest BCUT2D eigenvalue weighted by atomic mass is 9.94. The predicted octanol–water partition coefficient (Wildman–Crippen LogP) is 2.01. The number of halogens is 2. The molecule has 20 heavy (non-hydrogen) atoms. The van der Waals surface area contributed by atoms with Gasteiger partial charge in [0.2, 0.25) is 5.82 Å². The fourth-order valence-corrected chi connectivity index (χ4v) is 2.62. The minimum atomic E-state index is -1.14. The van der Waals surface area contributed by atoms with E-state index in [1.807, 2.05) is 0 Å². The highest BCUT2D eigenvalue weighted by Gasteiger charge is 2.37. The van der Waals surface area contributed by atoms with Crippen molar-refractivity contribution in [1.29, 1.82) is 0 Å². The maximum atomic E-state index is 10.5. The number of aromatic nitrogens is 3. The van der Waals surface area contributed by atoms with Gasteiger partial charge in [-0.05, 0) is 25.5 Å². The highest BCUT2D eigenvalue weighted by atomic mass is 35.5. The second kappa shape index (κ2) is 5.29. The van der Waals surface area contributed by atoms with Crippen LogP contribution in [-0.4, -0.2) is 33.3 Å². The number of rotatable bonds is 2. The van der Waals surface area contributed by atoms with Gasteiger partial charge in [-0.25, -0.2) is 4.98 Å². The molecule has 1 aliphatic heterocycles. The molecule has 1 saturated heterocycles. The molecule has 1 atom stereocenters. The molecule has 8 heteroatoms. The van der Waals surface area contributed by atoms with E-state index in [4.69, 9.17) is 27.7 Å². The Bertz CT molecular complexity index is 626. The summed E-state index contributed by atoms with van der Waals surface area (Å²) in [5.41, 5.74) is -0.763. The summed E-state index contributed by atoms with van der Waals surface area (Å²) in [6.07, 6.45) is 2.87. The third kappa shape index (κ3) is 2.52. The van der Waals surface area contributed by atoms with Crippen LogP contribution in [0.5, 0.6) is 0 Å². The van der Waals surface area contributed by atoms with Crippen molar-refractivity contribution in [2.75, 3.05) is 13.1 Å². The number of hydrogen-bond donors (Lipinski definition) is 2.